The second-order valence-corrected chi connectivity index (χ2v) is 6.59. The average Bonchev–Trinajstić information content (AvgIpc) is 2.74. The van der Waals surface area contributed by atoms with Crippen LogP contribution in [0.3, 0.4) is 0 Å². The van der Waals surface area contributed by atoms with Crippen LogP contribution in [0, 0.1) is 0 Å². The van der Waals surface area contributed by atoms with Gasteiger partial charge in [-0.05, 0) is 43.9 Å². The van der Waals surface area contributed by atoms with Crippen molar-refractivity contribution < 1.29 is 0 Å². The molecular formula is C18H29ClN2. The maximum atomic E-state index is 6.52. The van der Waals surface area contributed by atoms with Crippen molar-refractivity contribution in [2.75, 3.05) is 6.54 Å². The fourth-order valence-corrected chi connectivity index (χ4v) is 3.85. The molecule has 1 aliphatic rings. The summed E-state index contributed by atoms with van der Waals surface area (Å²) >= 11 is 6.49. The van der Waals surface area contributed by atoms with Crippen LogP contribution in [0.1, 0.15) is 64.0 Å². The fraction of sp³-hybridized carbons (Fsp3) is 0.667. The normalized spacial score (nSPS) is 23.5. The van der Waals surface area contributed by atoms with Gasteiger partial charge in [0.05, 0.1) is 6.04 Å². The number of benzene rings is 1. The van der Waals surface area contributed by atoms with Crippen LogP contribution < -0.4 is 5.73 Å². The number of likely N-dealkylation sites (tertiary alicyclic amines) is 1. The molecular weight excluding hydrogens is 280 g/mol. The Labute approximate surface area is 134 Å². The van der Waals surface area contributed by atoms with Gasteiger partial charge in [-0.25, -0.2) is 0 Å². The Kier molecular flexibility index (Phi) is 6.53. The molecule has 0 saturated carbocycles. The molecule has 1 saturated heterocycles. The fourth-order valence-electron chi connectivity index (χ4n) is 3.60. The van der Waals surface area contributed by atoms with Gasteiger partial charge in [-0.1, -0.05) is 56.5 Å². The summed E-state index contributed by atoms with van der Waals surface area (Å²) in [6.45, 7) is 5.61. The van der Waals surface area contributed by atoms with Crippen LogP contribution in [-0.4, -0.2) is 23.5 Å². The molecule has 0 spiro atoms. The molecule has 3 unspecified atom stereocenters. The molecule has 0 bridgehead atoms. The summed E-state index contributed by atoms with van der Waals surface area (Å²) in [5.41, 5.74) is 7.72. The molecule has 118 valence electrons. The first-order valence-corrected chi connectivity index (χ1v) is 8.82. The van der Waals surface area contributed by atoms with Crippen molar-refractivity contribution in [3.8, 4) is 0 Å². The SMILES string of the molecule is CCC(N)C(c1ccccc1Cl)N1CCCCCC1CC. The number of nitrogens with two attached hydrogens (primary N) is 1. The predicted octanol–water partition coefficient (Wildman–Crippen LogP) is 4.77. The maximum absolute atomic E-state index is 6.52. The van der Waals surface area contributed by atoms with Gasteiger partial charge in [-0.2, -0.15) is 0 Å². The van der Waals surface area contributed by atoms with Gasteiger partial charge in [0.1, 0.15) is 0 Å². The zero-order valence-electron chi connectivity index (χ0n) is 13.4. The van der Waals surface area contributed by atoms with Crippen molar-refractivity contribution in [1.82, 2.24) is 4.90 Å². The van der Waals surface area contributed by atoms with Crippen LogP contribution in [0.5, 0.6) is 0 Å². The van der Waals surface area contributed by atoms with Crippen LogP contribution in [0.4, 0.5) is 0 Å². The standard InChI is InChI=1S/C18H29ClN2/c1-3-14-10-6-5-9-13-21(14)18(17(20)4-2)15-11-7-8-12-16(15)19/h7-8,11-12,14,17-18H,3-6,9-10,13,20H2,1-2H3. The van der Waals surface area contributed by atoms with Gasteiger partial charge in [0, 0.05) is 17.1 Å². The van der Waals surface area contributed by atoms with Crippen LogP contribution in [0.25, 0.3) is 0 Å². The Bertz CT molecular complexity index is 435. The summed E-state index contributed by atoms with van der Waals surface area (Å²) in [4.78, 5) is 2.64. The van der Waals surface area contributed by atoms with Gasteiger partial charge >= 0.3 is 0 Å². The maximum Gasteiger partial charge on any atom is 0.0516 e. The summed E-state index contributed by atoms with van der Waals surface area (Å²) in [5.74, 6) is 0. The van der Waals surface area contributed by atoms with Crippen LogP contribution in [-0.2, 0) is 0 Å². The average molecular weight is 309 g/mol. The van der Waals surface area contributed by atoms with E-state index in [1.54, 1.807) is 0 Å². The van der Waals surface area contributed by atoms with Gasteiger partial charge < -0.3 is 5.73 Å². The Hall–Kier alpha value is -0.570. The number of hydrogen-bond acceptors (Lipinski definition) is 2. The molecule has 0 aliphatic carbocycles. The van der Waals surface area contributed by atoms with Crippen LogP contribution in [0.2, 0.25) is 5.02 Å². The lowest BCUT2D eigenvalue weighted by atomic mass is 9.93. The Balaban J connectivity index is 2.36. The summed E-state index contributed by atoms with van der Waals surface area (Å²) in [6.07, 6.45) is 7.40. The number of halogens is 1. The third-order valence-corrected chi connectivity index (χ3v) is 5.20. The van der Waals surface area contributed by atoms with Gasteiger partial charge in [0.2, 0.25) is 0 Å². The van der Waals surface area contributed by atoms with Crippen molar-refractivity contribution in [3.63, 3.8) is 0 Å². The molecule has 21 heavy (non-hydrogen) atoms. The quantitative estimate of drug-likeness (QED) is 0.848. The first kappa shape index (κ1) is 16.8. The number of nitrogens with zero attached hydrogens (tertiary/aromatic N) is 1. The minimum Gasteiger partial charge on any atom is -0.326 e. The highest BCUT2D eigenvalue weighted by molar-refractivity contribution is 6.31. The van der Waals surface area contributed by atoms with E-state index in [2.05, 4.69) is 30.9 Å². The second kappa shape index (κ2) is 8.17. The molecule has 1 aliphatic heterocycles. The summed E-state index contributed by atoms with van der Waals surface area (Å²) < 4.78 is 0. The minimum atomic E-state index is 0.136. The van der Waals surface area contributed by atoms with E-state index in [0.717, 1.165) is 18.0 Å². The van der Waals surface area contributed by atoms with E-state index in [1.165, 1.54) is 37.7 Å². The second-order valence-electron chi connectivity index (χ2n) is 6.19. The first-order valence-electron chi connectivity index (χ1n) is 8.44. The van der Waals surface area contributed by atoms with Crippen molar-refractivity contribution in [2.24, 2.45) is 5.73 Å². The first-order chi connectivity index (χ1) is 10.2. The molecule has 2 nitrogen and oxygen atoms in total. The Morgan fingerprint density at radius 2 is 2.00 bits per heavy atom. The third kappa shape index (κ3) is 4.00. The summed E-state index contributed by atoms with van der Waals surface area (Å²) in [6, 6.07) is 9.23. The van der Waals surface area contributed by atoms with E-state index in [9.17, 15) is 0 Å². The molecule has 1 aromatic carbocycles. The molecule has 3 atom stereocenters. The van der Waals surface area contributed by atoms with E-state index in [-0.39, 0.29) is 12.1 Å². The van der Waals surface area contributed by atoms with Crippen molar-refractivity contribution in [1.29, 1.82) is 0 Å². The molecule has 1 fully saturated rings. The molecule has 3 heteroatoms. The third-order valence-electron chi connectivity index (χ3n) is 4.85. The zero-order chi connectivity index (χ0) is 15.2. The topological polar surface area (TPSA) is 29.3 Å². The molecule has 1 aromatic rings. The lowest BCUT2D eigenvalue weighted by Gasteiger charge is -2.40. The van der Waals surface area contributed by atoms with Crippen molar-refractivity contribution in [3.05, 3.63) is 34.9 Å². The highest BCUT2D eigenvalue weighted by Gasteiger charge is 2.32. The lowest BCUT2D eigenvalue weighted by Crippen LogP contribution is -2.46. The van der Waals surface area contributed by atoms with Crippen LogP contribution in [0.15, 0.2) is 24.3 Å². The van der Waals surface area contributed by atoms with Gasteiger partial charge in [-0.15, -0.1) is 0 Å². The zero-order valence-corrected chi connectivity index (χ0v) is 14.1. The van der Waals surface area contributed by atoms with E-state index in [1.807, 2.05) is 12.1 Å². The molecule has 0 aromatic heterocycles. The molecule has 1 heterocycles. The monoisotopic (exact) mass is 308 g/mol. The van der Waals surface area contributed by atoms with Crippen LogP contribution >= 0.6 is 11.6 Å². The predicted molar refractivity (Wildman–Crippen MR) is 91.7 cm³/mol. The number of hydrogen-bond donors (Lipinski definition) is 1. The summed E-state index contributed by atoms with van der Waals surface area (Å²) in [7, 11) is 0. The van der Waals surface area contributed by atoms with E-state index >= 15 is 0 Å². The lowest BCUT2D eigenvalue weighted by molar-refractivity contribution is 0.112. The largest absolute Gasteiger partial charge is 0.326 e. The molecule has 0 amide bonds. The molecule has 0 radical (unpaired) electrons. The number of rotatable bonds is 5. The van der Waals surface area contributed by atoms with Gasteiger partial charge in [0.25, 0.3) is 0 Å². The van der Waals surface area contributed by atoms with Gasteiger partial charge in [0.15, 0.2) is 0 Å². The van der Waals surface area contributed by atoms with Crippen molar-refractivity contribution >= 4 is 11.6 Å². The van der Waals surface area contributed by atoms with E-state index < -0.39 is 0 Å². The molecule has 2 N–H and O–H groups in total. The minimum absolute atomic E-state index is 0.136. The van der Waals surface area contributed by atoms with E-state index in [0.29, 0.717) is 6.04 Å². The Morgan fingerprint density at radius 1 is 1.24 bits per heavy atom. The van der Waals surface area contributed by atoms with Crippen molar-refractivity contribution in [2.45, 2.75) is 70.5 Å². The smallest absolute Gasteiger partial charge is 0.0516 e. The Morgan fingerprint density at radius 3 is 2.67 bits per heavy atom. The van der Waals surface area contributed by atoms with Gasteiger partial charge in [-0.3, -0.25) is 4.90 Å². The highest BCUT2D eigenvalue weighted by Crippen LogP contribution is 2.35. The highest BCUT2D eigenvalue weighted by atomic mass is 35.5. The van der Waals surface area contributed by atoms with E-state index in [4.69, 9.17) is 17.3 Å². The summed E-state index contributed by atoms with van der Waals surface area (Å²) in [5, 5.41) is 0.852. The molecule has 2 rings (SSSR count).